The van der Waals surface area contributed by atoms with E-state index in [2.05, 4.69) is 42.9 Å². The third-order valence-electron chi connectivity index (χ3n) is 4.31. The number of aryl methyl sites for hydroxylation is 3. The molecule has 7 heteroatoms. The van der Waals surface area contributed by atoms with Gasteiger partial charge in [-0.05, 0) is 68.1 Å². The molecule has 146 valence electrons. The van der Waals surface area contributed by atoms with Crippen molar-refractivity contribution in [1.29, 1.82) is 0 Å². The number of sulfonamides is 1. The summed E-state index contributed by atoms with van der Waals surface area (Å²) in [5.41, 5.74) is 4.84. The highest BCUT2D eigenvalue weighted by Crippen LogP contribution is 2.16. The van der Waals surface area contributed by atoms with Gasteiger partial charge in [-0.3, -0.25) is 4.79 Å². The SMILES string of the molecule is Cc1cc(C)c(CCNC(=O)CCNS(=O)(=O)c2ccc(F)cc2)c(C)c1. The molecule has 1 amide bonds. The molecular weight excluding hydrogens is 367 g/mol. The second kappa shape index (κ2) is 9.10. The van der Waals surface area contributed by atoms with E-state index in [0.29, 0.717) is 6.54 Å². The highest BCUT2D eigenvalue weighted by Gasteiger charge is 2.14. The van der Waals surface area contributed by atoms with Crippen molar-refractivity contribution in [1.82, 2.24) is 10.0 Å². The maximum absolute atomic E-state index is 12.9. The molecule has 0 saturated heterocycles. The van der Waals surface area contributed by atoms with Crippen molar-refractivity contribution in [3.63, 3.8) is 0 Å². The van der Waals surface area contributed by atoms with E-state index in [0.717, 1.165) is 18.6 Å². The first-order chi connectivity index (χ1) is 12.7. The number of carbonyl (C=O) groups excluding carboxylic acids is 1. The zero-order valence-corrected chi connectivity index (χ0v) is 16.6. The van der Waals surface area contributed by atoms with Gasteiger partial charge < -0.3 is 5.32 Å². The van der Waals surface area contributed by atoms with Crippen molar-refractivity contribution in [3.05, 3.63) is 64.5 Å². The van der Waals surface area contributed by atoms with Gasteiger partial charge in [0.2, 0.25) is 15.9 Å². The first-order valence-electron chi connectivity index (χ1n) is 8.77. The summed E-state index contributed by atoms with van der Waals surface area (Å²) in [7, 11) is -3.75. The number of hydrogen-bond acceptors (Lipinski definition) is 3. The van der Waals surface area contributed by atoms with E-state index < -0.39 is 15.8 Å². The van der Waals surface area contributed by atoms with Crippen LogP contribution in [0.1, 0.15) is 28.7 Å². The van der Waals surface area contributed by atoms with Crippen LogP contribution in [0.15, 0.2) is 41.3 Å². The van der Waals surface area contributed by atoms with Crippen molar-refractivity contribution < 1.29 is 17.6 Å². The van der Waals surface area contributed by atoms with Crippen LogP contribution in [0.25, 0.3) is 0 Å². The summed E-state index contributed by atoms with van der Waals surface area (Å²) in [4.78, 5) is 11.9. The molecule has 0 aliphatic rings. The number of halogens is 1. The molecule has 0 spiro atoms. The van der Waals surface area contributed by atoms with Crippen LogP contribution in [0.5, 0.6) is 0 Å². The maximum Gasteiger partial charge on any atom is 0.240 e. The summed E-state index contributed by atoms with van der Waals surface area (Å²) in [5.74, 6) is -0.730. The van der Waals surface area contributed by atoms with Crippen LogP contribution in [-0.2, 0) is 21.2 Å². The maximum atomic E-state index is 12.9. The molecule has 0 bridgehead atoms. The lowest BCUT2D eigenvalue weighted by molar-refractivity contribution is -0.120. The lowest BCUT2D eigenvalue weighted by atomic mass is 9.97. The van der Waals surface area contributed by atoms with Crippen molar-refractivity contribution in [2.24, 2.45) is 0 Å². The summed E-state index contributed by atoms with van der Waals surface area (Å²) in [6.45, 7) is 6.64. The summed E-state index contributed by atoms with van der Waals surface area (Å²) >= 11 is 0. The van der Waals surface area contributed by atoms with Crippen molar-refractivity contribution in [2.75, 3.05) is 13.1 Å². The molecule has 0 atom stereocenters. The van der Waals surface area contributed by atoms with Crippen LogP contribution in [-0.4, -0.2) is 27.4 Å². The van der Waals surface area contributed by atoms with Crippen LogP contribution in [0.2, 0.25) is 0 Å². The zero-order chi connectivity index (χ0) is 20.0. The quantitative estimate of drug-likeness (QED) is 0.725. The summed E-state index contributed by atoms with van der Waals surface area (Å²) in [6.07, 6.45) is 0.761. The Kier molecular flexibility index (Phi) is 7.10. The summed E-state index contributed by atoms with van der Waals surface area (Å²) in [5, 5.41) is 2.81. The van der Waals surface area contributed by atoms with Gasteiger partial charge in [-0.2, -0.15) is 0 Å². The number of nitrogens with one attached hydrogen (secondary N) is 2. The van der Waals surface area contributed by atoms with E-state index in [1.54, 1.807) is 0 Å². The second-order valence-corrected chi connectivity index (χ2v) is 8.35. The molecule has 2 rings (SSSR count). The van der Waals surface area contributed by atoms with Crippen LogP contribution in [0.4, 0.5) is 4.39 Å². The predicted molar refractivity (Wildman–Crippen MR) is 104 cm³/mol. The van der Waals surface area contributed by atoms with Gasteiger partial charge in [-0.15, -0.1) is 0 Å². The Labute approximate surface area is 160 Å². The Bertz CT molecular complexity index is 886. The van der Waals surface area contributed by atoms with E-state index in [9.17, 15) is 17.6 Å². The predicted octanol–water partition coefficient (Wildman–Crippen LogP) is 2.78. The zero-order valence-electron chi connectivity index (χ0n) is 15.8. The number of benzene rings is 2. The van der Waals surface area contributed by atoms with E-state index in [1.165, 1.54) is 34.4 Å². The van der Waals surface area contributed by atoms with E-state index in [4.69, 9.17) is 0 Å². The molecule has 0 fully saturated rings. The van der Waals surface area contributed by atoms with Gasteiger partial charge in [0, 0.05) is 19.5 Å². The minimum absolute atomic E-state index is 0.0197. The lowest BCUT2D eigenvalue weighted by Gasteiger charge is -2.12. The Morgan fingerprint density at radius 3 is 2.19 bits per heavy atom. The monoisotopic (exact) mass is 392 g/mol. The average Bonchev–Trinajstić information content (AvgIpc) is 2.57. The topological polar surface area (TPSA) is 75.3 Å². The van der Waals surface area contributed by atoms with Gasteiger partial charge >= 0.3 is 0 Å². The standard InChI is InChI=1S/C20H25FN2O3S/c1-14-12-15(2)19(16(3)13-14)8-10-22-20(24)9-11-23-27(25,26)18-6-4-17(21)5-7-18/h4-7,12-13,23H,8-11H2,1-3H3,(H,22,24). The van der Waals surface area contributed by atoms with Gasteiger partial charge in [0.1, 0.15) is 5.82 Å². The largest absolute Gasteiger partial charge is 0.356 e. The third-order valence-corrected chi connectivity index (χ3v) is 5.78. The Balaban J connectivity index is 1.77. The van der Waals surface area contributed by atoms with Crippen LogP contribution in [0.3, 0.4) is 0 Å². The number of hydrogen-bond donors (Lipinski definition) is 2. The lowest BCUT2D eigenvalue weighted by Crippen LogP contribution is -2.31. The first kappa shape index (κ1) is 21.1. The van der Waals surface area contributed by atoms with Gasteiger partial charge in [-0.1, -0.05) is 17.7 Å². The Morgan fingerprint density at radius 1 is 1.00 bits per heavy atom. The number of amides is 1. The van der Waals surface area contributed by atoms with E-state index in [1.807, 2.05) is 0 Å². The van der Waals surface area contributed by atoms with Gasteiger partial charge in [-0.25, -0.2) is 17.5 Å². The van der Waals surface area contributed by atoms with Gasteiger partial charge in [0.25, 0.3) is 0 Å². The van der Waals surface area contributed by atoms with Gasteiger partial charge in [0.05, 0.1) is 4.90 Å². The molecule has 5 nitrogen and oxygen atoms in total. The third kappa shape index (κ3) is 6.15. The van der Waals surface area contributed by atoms with E-state index in [-0.39, 0.29) is 23.8 Å². The fourth-order valence-electron chi connectivity index (χ4n) is 3.02. The molecule has 2 N–H and O–H groups in total. The smallest absolute Gasteiger partial charge is 0.240 e. The molecule has 2 aromatic carbocycles. The number of rotatable bonds is 8. The molecule has 0 radical (unpaired) electrons. The van der Waals surface area contributed by atoms with Crippen molar-refractivity contribution in [2.45, 2.75) is 38.5 Å². The molecule has 0 aliphatic carbocycles. The molecular formula is C20H25FN2O3S. The second-order valence-electron chi connectivity index (χ2n) is 6.58. The normalized spacial score (nSPS) is 11.4. The van der Waals surface area contributed by atoms with Gasteiger partial charge in [0.15, 0.2) is 0 Å². The Morgan fingerprint density at radius 2 is 1.59 bits per heavy atom. The fourth-order valence-corrected chi connectivity index (χ4v) is 4.05. The minimum atomic E-state index is -3.75. The Hall–Kier alpha value is -2.25. The first-order valence-corrected chi connectivity index (χ1v) is 10.3. The molecule has 0 heterocycles. The van der Waals surface area contributed by atoms with Crippen LogP contribution < -0.4 is 10.0 Å². The van der Waals surface area contributed by atoms with Crippen molar-refractivity contribution in [3.8, 4) is 0 Å². The molecule has 0 aliphatic heterocycles. The number of carbonyl (C=O) groups is 1. The molecule has 2 aromatic rings. The summed E-state index contributed by atoms with van der Waals surface area (Å²) in [6, 6.07) is 8.77. The molecule has 0 aromatic heterocycles. The van der Waals surface area contributed by atoms with Crippen molar-refractivity contribution >= 4 is 15.9 Å². The van der Waals surface area contributed by atoms with E-state index >= 15 is 0 Å². The van der Waals surface area contributed by atoms with Crippen LogP contribution >= 0.6 is 0 Å². The fraction of sp³-hybridized carbons (Fsp3) is 0.350. The summed E-state index contributed by atoms with van der Waals surface area (Å²) < 4.78 is 39.3. The highest BCUT2D eigenvalue weighted by molar-refractivity contribution is 7.89. The van der Waals surface area contributed by atoms with Crippen LogP contribution in [0, 0.1) is 26.6 Å². The highest BCUT2D eigenvalue weighted by atomic mass is 32.2. The average molecular weight is 392 g/mol. The minimum Gasteiger partial charge on any atom is -0.356 e. The molecule has 27 heavy (non-hydrogen) atoms. The molecule has 0 unspecified atom stereocenters. The molecule has 0 saturated carbocycles.